The molecule has 0 radical (unpaired) electrons. The van der Waals surface area contributed by atoms with Crippen molar-refractivity contribution in [1.82, 2.24) is 4.90 Å². The lowest BCUT2D eigenvalue weighted by Crippen LogP contribution is -2.54. The molecule has 0 spiro atoms. The number of nitrogens with two attached hydrogens (primary N) is 1. The molecule has 0 amide bonds. The van der Waals surface area contributed by atoms with Crippen molar-refractivity contribution in [2.75, 3.05) is 32.8 Å². The Morgan fingerprint density at radius 3 is 2.79 bits per heavy atom. The van der Waals surface area contributed by atoms with E-state index in [1.54, 1.807) is 0 Å². The lowest BCUT2D eigenvalue weighted by Gasteiger charge is -2.45. The van der Waals surface area contributed by atoms with Crippen molar-refractivity contribution >= 4 is 0 Å². The van der Waals surface area contributed by atoms with Crippen LogP contribution in [0.25, 0.3) is 0 Å². The summed E-state index contributed by atoms with van der Waals surface area (Å²) in [5.41, 5.74) is 6.43. The van der Waals surface area contributed by atoms with Crippen LogP contribution in [-0.4, -0.2) is 43.8 Å². The molecule has 2 N–H and O–H groups in total. The van der Waals surface area contributed by atoms with Crippen LogP contribution >= 0.6 is 0 Å². The molecule has 0 aromatic rings. The molecule has 0 bridgehead atoms. The molecule has 82 valence electrons. The average Bonchev–Trinajstić information content (AvgIpc) is 2.11. The fraction of sp³-hybridized carbons (Fsp3) is 1.00. The second kappa shape index (κ2) is 4.17. The molecule has 0 aromatic carbocycles. The van der Waals surface area contributed by atoms with Crippen molar-refractivity contribution in [1.29, 1.82) is 0 Å². The van der Waals surface area contributed by atoms with Crippen molar-refractivity contribution < 1.29 is 4.74 Å². The molecule has 0 aliphatic carbocycles. The molecular weight excluding hydrogens is 176 g/mol. The zero-order valence-corrected chi connectivity index (χ0v) is 9.17. The lowest BCUT2D eigenvalue weighted by atomic mass is 9.82. The molecule has 0 aromatic heterocycles. The number of rotatable bonds is 3. The molecule has 2 heterocycles. The normalized spacial score (nSPS) is 32.6. The Bertz CT molecular complexity index is 186. The topological polar surface area (TPSA) is 38.5 Å². The summed E-state index contributed by atoms with van der Waals surface area (Å²) < 4.78 is 5.34. The Labute approximate surface area is 86.6 Å². The maximum atomic E-state index is 5.97. The Kier molecular flexibility index (Phi) is 3.10. The fourth-order valence-electron chi connectivity index (χ4n) is 2.51. The number of hydrogen-bond acceptors (Lipinski definition) is 3. The molecule has 2 saturated heterocycles. The van der Waals surface area contributed by atoms with E-state index in [9.17, 15) is 0 Å². The van der Waals surface area contributed by atoms with Gasteiger partial charge in [0, 0.05) is 24.5 Å². The smallest absolute Gasteiger partial charge is 0.0557 e. The van der Waals surface area contributed by atoms with Gasteiger partial charge < -0.3 is 15.4 Å². The van der Waals surface area contributed by atoms with Gasteiger partial charge in [-0.3, -0.25) is 0 Å². The summed E-state index contributed by atoms with van der Waals surface area (Å²) in [4.78, 5) is 2.53. The predicted molar refractivity (Wildman–Crippen MR) is 57.2 cm³/mol. The van der Waals surface area contributed by atoms with Gasteiger partial charge in [0.2, 0.25) is 0 Å². The minimum atomic E-state index is 0.402. The lowest BCUT2D eigenvalue weighted by molar-refractivity contribution is -0.129. The van der Waals surface area contributed by atoms with Gasteiger partial charge in [-0.2, -0.15) is 0 Å². The van der Waals surface area contributed by atoms with Crippen LogP contribution < -0.4 is 5.73 Å². The number of piperidine rings is 1. The van der Waals surface area contributed by atoms with Crippen molar-refractivity contribution in [3.8, 4) is 0 Å². The highest BCUT2D eigenvalue weighted by atomic mass is 16.5. The third kappa shape index (κ3) is 2.10. The summed E-state index contributed by atoms with van der Waals surface area (Å²) in [5, 5.41) is 0. The van der Waals surface area contributed by atoms with Gasteiger partial charge >= 0.3 is 0 Å². The van der Waals surface area contributed by atoms with Crippen LogP contribution in [0, 0.1) is 5.41 Å². The summed E-state index contributed by atoms with van der Waals surface area (Å²) in [5.74, 6) is 0. The molecular formula is C11H22N2O. The van der Waals surface area contributed by atoms with Crippen LogP contribution in [0.3, 0.4) is 0 Å². The van der Waals surface area contributed by atoms with Gasteiger partial charge in [0.25, 0.3) is 0 Å². The first-order valence-electron chi connectivity index (χ1n) is 5.80. The van der Waals surface area contributed by atoms with Crippen molar-refractivity contribution in [2.45, 2.75) is 32.2 Å². The molecule has 14 heavy (non-hydrogen) atoms. The summed E-state index contributed by atoms with van der Waals surface area (Å²) >= 11 is 0. The van der Waals surface area contributed by atoms with Gasteiger partial charge in [-0.15, -0.1) is 0 Å². The van der Waals surface area contributed by atoms with E-state index in [1.807, 2.05) is 0 Å². The van der Waals surface area contributed by atoms with E-state index in [0.29, 0.717) is 11.5 Å². The van der Waals surface area contributed by atoms with Gasteiger partial charge in [-0.05, 0) is 25.8 Å². The van der Waals surface area contributed by atoms with E-state index >= 15 is 0 Å². The maximum absolute atomic E-state index is 5.97. The Balaban J connectivity index is 1.83. The number of ether oxygens (including phenoxy) is 1. The largest absolute Gasteiger partial charge is 0.380 e. The molecule has 1 atom stereocenters. The van der Waals surface area contributed by atoms with E-state index in [0.717, 1.165) is 19.8 Å². The molecule has 0 saturated carbocycles. The fourth-order valence-corrected chi connectivity index (χ4v) is 2.51. The zero-order valence-electron chi connectivity index (χ0n) is 9.17. The SMILES string of the molecule is CCC1(CN2CCCC(N)C2)COC1. The van der Waals surface area contributed by atoms with Crippen molar-refractivity contribution in [2.24, 2.45) is 11.1 Å². The predicted octanol–water partition coefficient (Wildman–Crippen LogP) is 0.836. The Hall–Kier alpha value is -0.120. The molecule has 3 heteroatoms. The zero-order chi connectivity index (χ0) is 10.0. The minimum Gasteiger partial charge on any atom is -0.380 e. The summed E-state index contributed by atoms with van der Waals surface area (Å²) in [6, 6.07) is 0.402. The Morgan fingerprint density at radius 2 is 2.29 bits per heavy atom. The van der Waals surface area contributed by atoms with E-state index in [1.165, 1.54) is 32.4 Å². The monoisotopic (exact) mass is 198 g/mol. The average molecular weight is 198 g/mol. The van der Waals surface area contributed by atoms with E-state index < -0.39 is 0 Å². The van der Waals surface area contributed by atoms with Crippen molar-refractivity contribution in [3.05, 3.63) is 0 Å². The number of hydrogen-bond donors (Lipinski definition) is 1. The molecule has 3 nitrogen and oxygen atoms in total. The van der Waals surface area contributed by atoms with E-state index in [4.69, 9.17) is 10.5 Å². The first-order chi connectivity index (χ1) is 6.74. The minimum absolute atomic E-state index is 0.402. The van der Waals surface area contributed by atoms with Gasteiger partial charge in [-0.1, -0.05) is 6.92 Å². The maximum Gasteiger partial charge on any atom is 0.0557 e. The van der Waals surface area contributed by atoms with Crippen LogP contribution in [0.1, 0.15) is 26.2 Å². The van der Waals surface area contributed by atoms with Gasteiger partial charge in [0.05, 0.1) is 13.2 Å². The van der Waals surface area contributed by atoms with Gasteiger partial charge in [0.1, 0.15) is 0 Å². The number of likely N-dealkylation sites (tertiary alicyclic amines) is 1. The highest BCUT2D eigenvalue weighted by Crippen LogP contribution is 2.32. The second-order valence-electron chi connectivity index (χ2n) is 4.98. The summed E-state index contributed by atoms with van der Waals surface area (Å²) in [7, 11) is 0. The molecule has 2 fully saturated rings. The molecule has 2 rings (SSSR count). The van der Waals surface area contributed by atoms with E-state index in [-0.39, 0.29) is 0 Å². The van der Waals surface area contributed by atoms with Crippen LogP contribution in [0.15, 0.2) is 0 Å². The quantitative estimate of drug-likeness (QED) is 0.730. The number of nitrogens with zero attached hydrogens (tertiary/aromatic N) is 1. The molecule has 2 aliphatic heterocycles. The summed E-state index contributed by atoms with van der Waals surface area (Å²) in [6.45, 7) is 7.69. The third-order valence-corrected chi connectivity index (χ3v) is 3.67. The summed E-state index contributed by atoms with van der Waals surface area (Å²) in [6.07, 6.45) is 3.70. The van der Waals surface area contributed by atoms with Gasteiger partial charge in [0.15, 0.2) is 0 Å². The third-order valence-electron chi connectivity index (χ3n) is 3.67. The first-order valence-corrected chi connectivity index (χ1v) is 5.80. The first kappa shape index (κ1) is 10.4. The second-order valence-corrected chi connectivity index (χ2v) is 4.98. The molecule has 1 unspecified atom stereocenters. The van der Waals surface area contributed by atoms with Crippen LogP contribution in [0.2, 0.25) is 0 Å². The highest BCUT2D eigenvalue weighted by molar-refractivity contribution is 4.89. The van der Waals surface area contributed by atoms with Gasteiger partial charge in [-0.25, -0.2) is 0 Å². The van der Waals surface area contributed by atoms with Crippen LogP contribution in [0.5, 0.6) is 0 Å². The standard InChI is InChI=1S/C11H22N2O/c1-2-11(8-14-9-11)7-13-5-3-4-10(12)6-13/h10H,2-9,12H2,1H3. The van der Waals surface area contributed by atoms with E-state index in [2.05, 4.69) is 11.8 Å². The highest BCUT2D eigenvalue weighted by Gasteiger charge is 2.38. The van der Waals surface area contributed by atoms with Crippen LogP contribution in [0.4, 0.5) is 0 Å². The van der Waals surface area contributed by atoms with Crippen LogP contribution in [-0.2, 0) is 4.74 Å². The van der Waals surface area contributed by atoms with Crippen molar-refractivity contribution in [3.63, 3.8) is 0 Å². The molecule has 2 aliphatic rings. The Morgan fingerprint density at radius 1 is 1.50 bits per heavy atom.